The highest BCUT2D eigenvalue weighted by molar-refractivity contribution is 7.20. The average molecular weight is 314 g/mol. The summed E-state index contributed by atoms with van der Waals surface area (Å²) in [7, 11) is 0. The Balaban J connectivity index is 2.10. The highest BCUT2D eigenvalue weighted by Crippen LogP contribution is 2.35. The van der Waals surface area contributed by atoms with E-state index in [0.717, 1.165) is 12.0 Å². The Bertz CT molecular complexity index is 546. The normalized spacial score (nSPS) is 12.9. The summed E-state index contributed by atoms with van der Waals surface area (Å²) in [5, 5.41) is 0. The molecule has 0 bridgehead atoms. The molecule has 0 fully saturated rings. The van der Waals surface area contributed by atoms with E-state index in [1.165, 1.54) is 22.5 Å². The summed E-state index contributed by atoms with van der Waals surface area (Å²) in [6.45, 7) is 4.38. The number of benzene rings is 1. The second-order valence-corrected chi connectivity index (χ2v) is 7.27. The predicted octanol–water partition coefficient (Wildman–Crippen LogP) is 5.42. The number of rotatable bonds is 4. The highest BCUT2D eigenvalue weighted by atomic mass is 35.5. The zero-order valence-electron chi connectivity index (χ0n) is 11.0. The largest absolute Gasteiger partial charge is 0.324 e. The molecule has 2 aromatic rings. The second-order valence-electron chi connectivity index (χ2n) is 4.99. The molecule has 1 aromatic carbocycles. The molecule has 0 radical (unpaired) electrons. The fourth-order valence-electron chi connectivity index (χ4n) is 2.01. The molecule has 0 aliphatic carbocycles. The summed E-state index contributed by atoms with van der Waals surface area (Å²) in [6.07, 6.45) is 0.769. The molecule has 1 aromatic heterocycles. The maximum atomic E-state index is 6.20. The maximum absolute atomic E-state index is 6.20. The number of hydrogen-bond acceptors (Lipinski definition) is 2. The minimum Gasteiger partial charge on any atom is -0.324 e. The van der Waals surface area contributed by atoms with Crippen molar-refractivity contribution in [3.8, 4) is 0 Å². The molecular weight excluding hydrogens is 297 g/mol. The molecule has 0 saturated carbocycles. The van der Waals surface area contributed by atoms with Gasteiger partial charge in [0.15, 0.2) is 0 Å². The van der Waals surface area contributed by atoms with Crippen molar-refractivity contribution in [1.82, 2.24) is 0 Å². The van der Waals surface area contributed by atoms with Gasteiger partial charge >= 0.3 is 0 Å². The molecule has 102 valence electrons. The van der Waals surface area contributed by atoms with Crippen LogP contribution in [0.25, 0.3) is 0 Å². The topological polar surface area (TPSA) is 26.0 Å². The Morgan fingerprint density at radius 3 is 2.26 bits per heavy atom. The first-order valence-corrected chi connectivity index (χ1v) is 7.83. The van der Waals surface area contributed by atoms with E-state index < -0.39 is 0 Å². The van der Waals surface area contributed by atoms with E-state index in [2.05, 4.69) is 38.1 Å². The quantitative estimate of drug-likeness (QED) is 0.801. The zero-order chi connectivity index (χ0) is 14.0. The molecule has 1 unspecified atom stereocenters. The van der Waals surface area contributed by atoms with Crippen LogP contribution in [0.4, 0.5) is 0 Å². The molecule has 19 heavy (non-hydrogen) atoms. The Morgan fingerprint density at radius 2 is 1.79 bits per heavy atom. The first-order chi connectivity index (χ1) is 8.97. The van der Waals surface area contributed by atoms with Gasteiger partial charge in [-0.05, 0) is 29.5 Å². The lowest BCUT2D eigenvalue weighted by Crippen LogP contribution is -2.12. The van der Waals surface area contributed by atoms with E-state index in [-0.39, 0.29) is 6.04 Å². The number of halogens is 2. The van der Waals surface area contributed by atoms with Gasteiger partial charge in [0.25, 0.3) is 0 Å². The summed E-state index contributed by atoms with van der Waals surface area (Å²) in [5.41, 5.74) is 9.70. The third kappa shape index (κ3) is 3.73. The van der Waals surface area contributed by atoms with Gasteiger partial charge in [0.2, 0.25) is 0 Å². The molecule has 1 nitrogen and oxygen atoms in total. The van der Waals surface area contributed by atoms with E-state index in [9.17, 15) is 0 Å². The minimum atomic E-state index is -0.110. The van der Waals surface area contributed by atoms with Gasteiger partial charge in [-0.15, -0.1) is 11.3 Å². The van der Waals surface area contributed by atoms with Crippen LogP contribution in [-0.2, 0) is 6.42 Å². The lowest BCUT2D eigenvalue weighted by atomic mass is 9.98. The van der Waals surface area contributed by atoms with Crippen molar-refractivity contribution < 1.29 is 0 Å². The average Bonchev–Trinajstić information content (AvgIpc) is 2.69. The first-order valence-electron chi connectivity index (χ1n) is 6.26. The maximum Gasteiger partial charge on any atom is 0.0992 e. The van der Waals surface area contributed by atoms with Crippen LogP contribution in [0.2, 0.25) is 8.67 Å². The second kappa shape index (κ2) is 6.27. The molecule has 2 rings (SSSR count). The van der Waals surface area contributed by atoms with Crippen LogP contribution in [0.5, 0.6) is 0 Å². The van der Waals surface area contributed by atoms with Crippen molar-refractivity contribution in [1.29, 1.82) is 0 Å². The Hall–Kier alpha value is -0.540. The van der Waals surface area contributed by atoms with Crippen molar-refractivity contribution in [2.24, 2.45) is 5.73 Å². The van der Waals surface area contributed by atoms with Crippen LogP contribution < -0.4 is 5.73 Å². The Kier molecular flexibility index (Phi) is 4.91. The van der Waals surface area contributed by atoms with Crippen LogP contribution >= 0.6 is 34.5 Å². The van der Waals surface area contributed by atoms with E-state index in [0.29, 0.717) is 14.6 Å². The standard InChI is InChI=1S/C15H17Cl2NS/c1-9(2)11-5-3-10(4-6-11)7-13(18)12-8-14(16)19-15(12)17/h3-6,8-9,13H,7,18H2,1-2H3. The Labute approximate surface area is 128 Å². The fourth-order valence-corrected chi connectivity index (χ4v) is 3.61. The number of nitrogens with two attached hydrogens (primary N) is 1. The summed E-state index contributed by atoms with van der Waals surface area (Å²) in [5.74, 6) is 0.549. The monoisotopic (exact) mass is 313 g/mol. The van der Waals surface area contributed by atoms with Gasteiger partial charge in [-0.25, -0.2) is 0 Å². The fraction of sp³-hybridized carbons (Fsp3) is 0.333. The van der Waals surface area contributed by atoms with E-state index >= 15 is 0 Å². The van der Waals surface area contributed by atoms with E-state index in [1.807, 2.05) is 6.07 Å². The number of thiophene rings is 1. The number of hydrogen-bond donors (Lipinski definition) is 1. The molecule has 0 amide bonds. The molecule has 0 spiro atoms. The summed E-state index contributed by atoms with van der Waals surface area (Å²) < 4.78 is 1.38. The van der Waals surface area contributed by atoms with Gasteiger partial charge in [-0.2, -0.15) is 0 Å². The third-order valence-electron chi connectivity index (χ3n) is 3.18. The van der Waals surface area contributed by atoms with Crippen molar-refractivity contribution in [3.05, 3.63) is 55.7 Å². The molecule has 0 aliphatic rings. The molecule has 4 heteroatoms. The van der Waals surface area contributed by atoms with Gasteiger partial charge in [0, 0.05) is 11.6 Å². The molecular formula is C15H17Cl2NS. The van der Waals surface area contributed by atoms with Gasteiger partial charge in [0.05, 0.1) is 8.67 Å². The van der Waals surface area contributed by atoms with Crippen molar-refractivity contribution in [3.63, 3.8) is 0 Å². The SMILES string of the molecule is CC(C)c1ccc(CC(N)c2cc(Cl)sc2Cl)cc1. The van der Waals surface area contributed by atoms with Gasteiger partial charge in [0.1, 0.15) is 0 Å². The molecule has 1 heterocycles. The molecule has 1 atom stereocenters. The van der Waals surface area contributed by atoms with Crippen LogP contribution in [0.1, 0.15) is 42.5 Å². The van der Waals surface area contributed by atoms with Gasteiger partial charge < -0.3 is 5.73 Å². The van der Waals surface area contributed by atoms with Crippen molar-refractivity contribution >= 4 is 34.5 Å². The molecule has 0 saturated heterocycles. The van der Waals surface area contributed by atoms with Crippen LogP contribution in [0, 0.1) is 0 Å². The smallest absolute Gasteiger partial charge is 0.0992 e. The zero-order valence-corrected chi connectivity index (χ0v) is 13.3. The van der Waals surface area contributed by atoms with Crippen LogP contribution in [0.15, 0.2) is 30.3 Å². The van der Waals surface area contributed by atoms with Crippen LogP contribution in [-0.4, -0.2) is 0 Å². The molecule has 0 aliphatic heterocycles. The van der Waals surface area contributed by atoms with Gasteiger partial charge in [-0.1, -0.05) is 61.3 Å². The lowest BCUT2D eigenvalue weighted by molar-refractivity contribution is 0.724. The highest BCUT2D eigenvalue weighted by Gasteiger charge is 2.14. The minimum absolute atomic E-state index is 0.110. The lowest BCUT2D eigenvalue weighted by Gasteiger charge is -2.12. The summed E-state index contributed by atoms with van der Waals surface area (Å²) >= 11 is 13.4. The van der Waals surface area contributed by atoms with E-state index in [1.54, 1.807) is 0 Å². The predicted molar refractivity (Wildman–Crippen MR) is 85.5 cm³/mol. The van der Waals surface area contributed by atoms with Gasteiger partial charge in [-0.3, -0.25) is 0 Å². The van der Waals surface area contributed by atoms with Crippen LogP contribution in [0.3, 0.4) is 0 Å². The molecule has 2 N–H and O–H groups in total. The third-order valence-corrected chi connectivity index (χ3v) is 4.70. The Morgan fingerprint density at radius 1 is 1.16 bits per heavy atom. The first kappa shape index (κ1) is 14.9. The van der Waals surface area contributed by atoms with E-state index in [4.69, 9.17) is 28.9 Å². The van der Waals surface area contributed by atoms with Crippen molar-refractivity contribution in [2.45, 2.75) is 32.2 Å². The summed E-state index contributed by atoms with van der Waals surface area (Å²) in [4.78, 5) is 0. The summed E-state index contributed by atoms with van der Waals surface area (Å²) in [6, 6.07) is 10.3. The van der Waals surface area contributed by atoms with Crippen molar-refractivity contribution in [2.75, 3.05) is 0 Å².